The molecule has 2 heterocycles. The zero-order chi connectivity index (χ0) is 13.9. The molecule has 1 fully saturated rings. The van der Waals surface area contributed by atoms with Gasteiger partial charge in [-0.2, -0.15) is 5.10 Å². The molecule has 2 aromatic heterocycles. The van der Waals surface area contributed by atoms with E-state index in [0.29, 0.717) is 6.04 Å². The number of hydrogen-bond acceptors (Lipinski definition) is 4. The average Bonchev–Trinajstić information content (AvgIpc) is 2.81. The van der Waals surface area contributed by atoms with Crippen LogP contribution in [0.25, 0.3) is 10.7 Å². The van der Waals surface area contributed by atoms with E-state index in [2.05, 4.69) is 10.1 Å². The molecule has 6 heteroatoms. The molecular formula is C14H18N4OS. The number of pyridine rings is 1. The number of rotatable bonds is 2. The molecule has 0 radical (unpaired) electrons. The van der Waals surface area contributed by atoms with E-state index in [-0.39, 0.29) is 5.56 Å². The fourth-order valence-corrected chi connectivity index (χ4v) is 3.45. The Balaban J connectivity index is 1.94. The number of nitrogens with one attached hydrogen (secondary N) is 1. The lowest BCUT2D eigenvalue weighted by atomic mass is 9.96. The molecule has 1 saturated carbocycles. The summed E-state index contributed by atoms with van der Waals surface area (Å²) in [6.45, 7) is 0. The number of aromatic amines is 1. The van der Waals surface area contributed by atoms with Gasteiger partial charge in [-0.05, 0) is 18.9 Å². The predicted molar refractivity (Wildman–Crippen MR) is 79.6 cm³/mol. The Hall–Kier alpha value is -1.69. The van der Waals surface area contributed by atoms with E-state index in [1.54, 1.807) is 10.7 Å². The molecule has 1 aliphatic carbocycles. The maximum atomic E-state index is 11.4. The van der Waals surface area contributed by atoms with Gasteiger partial charge in [0.05, 0.1) is 11.7 Å². The Morgan fingerprint density at radius 3 is 2.90 bits per heavy atom. The maximum Gasteiger partial charge on any atom is 0.248 e. The molecule has 0 aliphatic heterocycles. The van der Waals surface area contributed by atoms with Crippen LogP contribution < -0.4 is 10.4 Å². The van der Waals surface area contributed by atoms with Gasteiger partial charge in [-0.25, -0.2) is 4.68 Å². The lowest BCUT2D eigenvalue weighted by molar-refractivity contribution is 0.434. The smallest absolute Gasteiger partial charge is 0.248 e. The lowest BCUT2D eigenvalue weighted by Crippen LogP contribution is -2.18. The van der Waals surface area contributed by atoms with Gasteiger partial charge in [-0.3, -0.25) is 9.79 Å². The second-order valence-corrected chi connectivity index (χ2v) is 6.12. The lowest BCUT2D eigenvalue weighted by Gasteiger charge is -2.16. The van der Waals surface area contributed by atoms with Crippen molar-refractivity contribution < 1.29 is 0 Å². The van der Waals surface area contributed by atoms with Gasteiger partial charge < -0.3 is 4.98 Å². The van der Waals surface area contributed by atoms with Gasteiger partial charge in [0, 0.05) is 13.1 Å². The quantitative estimate of drug-likeness (QED) is 0.920. The Morgan fingerprint density at radius 2 is 2.15 bits per heavy atom. The van der Waals surface area contributed by atoms with Crippen molar-refractivity contribution in [3.63, 3.8) is 0 Å². The minimum atomic E-state index is -0.105. The molecule has 106 valence electrons. The summed E-state index contributed by atoms with van der Waals surface area (Å²) in [5.41, 5.74) is 0.648. The molecule has 0 bridgehead atoms. The summed E-state index contributed by atoms with van der Waals surface area (Å²) in [6, 6.07) is 5.54. The first-order valence-corrected chi connectivity index (χ1v) is 7.82. The zero-order valence-corrected chi connectivity index (χ0v) is 12.3. The topological polar surface area (TPSA) is 63.0 Å². The van der Waals surface area contributed by atoms with Crippen LogP contribution in [0.1, 0.15) is 32.1 Å². The van der Waals surface area contributed by atoms with Gasteiger partial charge in [0.1, 0.15) is 0 Å². The summed E-state index contributed by atoms with van der Waals surface area (Å²) < 4.78 is 1.81. The van der Waals surface area contributed by atoms with Crippen LogP contribution in [0, 0.1) is 0 Å². The Labute approximate surface area is 121 Å². The van der Waals surface area contributed by atoms with Crippen LogP contribution in [0.4, 0.5) is 0 Å². The zero-order valence-electron chi connectivity index (χ0n) is 11.5. The van der Waals surface area contributed by atoms with Gasteiger partial charge in [0.15, 0.2) is 5.01 Å². The minimum absolute atomic E-state index is 0.105. The largest absolute Gasteiger partial charge is 0.320 e. The molecular weight excluding hydrogens is 272 g/mol. The standard InChI is InChI=1S/C14H18N4OS/c1-18-14(15-10-6-3-2-4-7-10)20-13(17-18)11-8-5-9-12(19)16-11/h5,8-10H,2-4,6-7H2,1H3,(H,16,19). The molecule has 3 rings (SSSR count). The van der Waals surface area contributed by atoms with E-state index in [1.165, 1.54) is 49.5 Å². The number of aryl methyl sites for hydroxylation is 1. The highest BCUT2D eigenvalue weighted by atomic mass is 32.1. The molecule has 1 N–H and O–H groups in total. The van der Waals surface area contributed by atoms with Gasteiger partial charge in [-0.1, -0.05) is 36.7 Å². The molecule has 0 atom stereocenters. The molecule has 1 aliphatic rings. The third-order valence-electron chi connectivity index (χ3n) is 3.57. The van der Waals surface area contributed by atoms with Crippen molar-refractivity contribution >= 4 is 11.3 Å². The van der Waals surface area contributed by atoms with Crippen molar-refractivity contribution in [1.82, 2.24) is 14.8 Å². The Kier molecular flexibility index (Phi) is 3.82. The summed E-state index contributed by atoms with van der Waals surface area (Å²) in [4.78, 5) is 19.9. The van der Waals surface area contributed by atoms with E-state index in [0.717, 1.165) is 15.5 Å². The fourth-order valence-electron chi connectivity index (χ4n) is 2.51. The van der Waals surface area contributed by atoms with Crippen molar-refractivity contribution in [3.05, 3.63) is 33.4 Å². The third-order valence-corrected chi connectivity index (χ3v) is 4.62. The summed E-state index contributed by atoms with van der Waals surface area (Å²) in [5, 5.41) is 5.26. The van der Waals surface area contributed by atoms with Crippen molar-refractivity contribution in [2.24, 2.45) is 12.0 Å². The molecule has 20 heavy (non-hydrogen) atoms. The van der Waals surface area contributed by atoms with Crippen molar-refractivity contribution in [2.45, 2.75) is 38.1 Å². The molecule has 0 spiro atoms. The van der Waals surface area contributed by atoms with E-state index in [9.17, 15) is 4.79 Å². The summed E-state index contributed by atoms with van der Waals surface area (Å²) in [6.07, 6.45) is 6.23. The van der Waals surface area contributed by atoms with Gasteiger partial charge >= 0.3 is 0 Å². The first kappa shape index (κ1) is 13.3. The summed E-state index contributed by atoms with van der Waals surface area (Å²) in [5.74, 6) is 0. The van der Waals surface area contributed by atoms with Gasteiger partial charge in [0.2, 0.25) is 10.4 Å². The van der Waals surface area contributed by atoms with Crippen LogP contribution in [0.15, 0.2) is 28.0 Å². The van der Waals surface area contributed by atoms with E-state index < -0.39 is 0 Å². The molecule has 2 aromatic rings. The second kappa shape index (κ2) is 5.75. The first-order chi connectivity index (χ1) is 9.72. The van der Waals surface area contributed by atoms with Crippen LogP contribution >= 0.6 is 11.3 Å². The minimum Gasteiger partial charge on any atom is -0.320 e. The number of nitrogens with zero attached hydrogens (tertiary/aromatic N) is 3. The Morgan fingerprint density at radius 1 is 1.35 bits per heavy atom. The summed E-state index contributed by atoms with van der Waals surface area (Å²) in [7, 11) is 1.91. The number of aromatic nitrogens is 3. The SMILES string of the molecule is Cn1nc(-c2cccc(=O)[nH]2)sc1=NC1CCCCC1. The highest BCUT2D eigenvalue weighted by Crippen LogP contribution is 2.20. The monoisotopic (exact) mass is 290 g/mol. The fraction of sp³-hybridized carbons (Fsp3) is 0.500. The van der Waals surface area contributed by atoms with Crippen LogP contribution in [-0.2, 0) is 7.05 Å². The van der Waals surface area contributed by atoms with Crippen molar-refractivity contribution in [1.29, 1.82) is 0 Å². The predicted octanol–water partition coefficient (Wildman–Crippen LogP) is 2.07. The number of H-pyrrole nitrogens is 1. The van der Waals surface area contributed by atoms with Gasteiger partial charge in [-0.15, -0.1) is 0 Å². The van der Waals surface area contributed by atoms with E-state index in [4.69, 9.17) is 4.99 Å². The number of hydrogen-bond donors (Lipinski definition) is 1. The molecule has 0 unspecified atom stereocenters. The normalized spacial score (nSPS) is 17.6. The highest BCUT2D eigenvalue weighted by molar-refractivity contribution is 7.12. The Bertz CT molecular complexity index is 706. The van der Waals surface area contributed by atoms with Crippen LogP contribution in [0.2, 0.25) is 0 Å². The van der Waals surface area contributed by atoms with Crippen molar-refractivity contribution in [2.75, 3.05) is 0 Å². The highest BCUT2D eigenvalue weighted by Gasteiger charge is 2.13. The first-order valence-electron chi connectivity index (χ1n) is 7.00. The van der Waals surface area contributed by atoms with Crippen molar-refractivity contribution in [3.8, 4) is 10.7 Å². The molecule has 0 amide bonds. The van der Waals surface area contributed by atoms with Crippen LogP contribution in [0.5, 0.6) is 0 Å². The van der Waals surface area contributed by atoms with E-state index in [1.807, 2.05) is 13.1 Å². The summed E-state index contributed by atoms with van der Waals surface area (Å²) >= 11 is 1.53. The van der Waals surface area contributed by atoms with Crippen LogP contribution in [0.3, 0.4) is 0 Å². The second-order valence-electron chi connectivity index (χ2n) is 5.16. The average molecular weight is 290 g/mol. The maximum absolute atomic E-state index is 11.4. The molecule has 0 saturated heterocycles. The van der Waals surface area contributed by atoms with Crippen LogP contribution in [-0.4, -0.2) is 20.8 Å². The van der Waals surface area contributed by atoms with E-state index >= 15 is 0 Å². The third kappa shape index (κ3) is 2.90. The van der Waals surface area contributed by atoms with Gasteiger partial charge in [0.25, 0.3) is 0 Å². The molecule has 5 nitrogen and oxygen atoms in total. The molecule has 0 aromatic carbocycles.